The van der Waals surface area contributed by atoms with E-state index in [-0.39, 0.29) is 5.69 Å². The van der Waals surface area contributed by atoms with Gasteiger partial charge < -0.3 is 4.74 Å². The van der Waals surface area contributed by atoms with Gasteiger partial charge in [-0.2, -0.15) is 0 Å². The van der Waals surface area contributed by atoms with Crippen LogP contribution < -0.4 is 4.74 Å². The van der Waals surface area contributed by atoms with Gasteiger partial charge in [0, 0.05) is 6.07 Å². The number of hydrogen-bond acceptors (Lipinski definition) is 4. The smallest absolute Gasteiger partial charge is 0.288 e. The summed E-state index contributed by atoms with van der Waals surface area (Å²) in [6, 6.07) is 11.0. The molecule has 0 amide bonds. The van der Waals surface area contributed by atoms with Gasteiger partial charge in [0.15, 0.2) is 0 Å². The summed E-state index contributed by atoms with van der Waals surface area (Å²) in [5.74, 6) is 0.337. The third-order valence-electron chi connectivity index (χ3n) is 2.22. The Balaban J connectivity index is 2.08. The van der Waals surface area contributed by atoms with Crippen LogP contribution in [0.25, 0.3) is 0 Å². The lowest BCUT2D eigenvalue weighted by Crippen LogP contribution is -1.98. The second-order valence-corrected chi connectivity index (χ2v) is 4.37. The number of benzene rings is 1. The molecule has 5 nitrogen and oxygen atoms in total. The van der Waals surface area contributed by atoms with Crippen molar-refractivity contribution in [1.29, 1.82) is 0 Å². The van der Waals surface area contributed by atoms with E-state index in [1.807, 2.05) is 30.3 Å². The molecule has 0 spiro atoms. The average molecular weight is 309 g/mol. The number of nitrogens with zero attached hydrogens (tertiary/aromatic N) is 2. The lowest BCUT2D eigenvalue weighted by Gasteiger charge is -2.06. The van der Waals surface area contributed by atoms with E-state index in [1.54, 1.807) is 0 Å². The van der Waals surface area contributed by atoms with Crippen molar-refractivity contribution in [1.82, 2.24) is 4.98 Å². The van der Waals surface area contributed by atoms with Crippen LogP contribution in [0.4, 0.5) is 5.69 Å². The molecule has 0 N–H and O–H groups in total. The van der Waals surface area contributed by atoms with Crippen LogP contribution in [0.2, 0.25) is 0 Å². The maximum absolute atomic E-state index is 10.5. The minimum atomic E-state index is -0.501. The first-order valence-electron chi connectivity index (χ1n) is 5.13. The van der Waals surface area contributed by atoms with Crippen LogP contribution >= 0.6 is 15.9 Å². The van der Waals surface area contributed by atoms with E-state index in [0.717, 1.165) is 5.56 Å². The Labute approximate surface area is 112 Å². The van der Waals surface area contributed by atoms with Crippen molar-refractivity contribution in [2.45, 2.75) is 6.61 Å². The van der Waals surface area contributed by atoms with E-state index in [4.69, 9.17) is 4.74 Å². The zero-order valence-electron chi connectivity index (χ0n) is 9.25. The van der Waals surface area contributed by atoms with Gasteiger partial charge in [-0.05, 0) is 21.5 Å². The van der Waals surface area contributed by atoms with Crippen molar-refractivity contribution < 1.29 is 9.66 Å². The molecule has 92 valence electrons. The quantitative estimate of drug-likeness (QED) is 0.642. The van der Waals surface area contributed by atoms with E-state index in [9.17, 15) is 10.1 Å². The minimum Gasteiger partial charge on any atom is -0.472 e. The Morgan fingerprint density at radius 3 is 2.67 bits per heavy atom. The van der Waals surface area contributed by atoms with Crippen LogP contribution in [0, 0.1) is 10.1 Å². The Morgan fingerprint density at radius 1 is 1.33 bits per heavy atom. The Bertz CT molecular complexity index is 561. The summed E-state index contributed by atoms with van der Waals surface area (Å²) in [4.78, 5) is 14.0. The molecule has 18 heavy (non-hydrogen) atoms. The highest BCUT2D eigenvalue weighted by molar-refractivity contribution is 9.10. The number of pyridine rings is 1. The van der Waals surface area contributed by atoms with Gasteiger partial charge in [-0.1, -0.05) is 30.3 Å². The molecule has 0 bridgehead atoms. The van der Waals surface area contributed by atoms with Crippen molar-refractivity contribution in [3.63, 3.8) is 0 Å². The normalized spacial score (nSPS) is 10.1. The van der Waals surface area contributed by atoms with E-state index >= 15 is 0 Å². The summed E-state index contributed by atoms with van der Waals surface area (Å²) in [6.45, 7) is 0.365. The van der Waals surface area contributed by atoms with Gasteiger partial charge in [-0.25, -0.2) is 4.98 Å². The molecule has 0 atom stereocenters. The molecule has 6 heteroatoms. The molecule has 0 fully saturated rings. The van der Waals surface area contributed by atoms with Gasteiger partial charge in [-0.15, -0.1) is 0 Å². The van der Waals surface area contributed by atoms with Crippen LogP contribution in [0.3, 0.4) is 0 Å². The van der Waals surface area contributed by atoms with E-state index < -0.39 is 4.92 Å². The summed E-state index contributed by atoms with van der Waals surface area (Å²) in [7, 11) is 0. The fraction of sp³-hybridized carbons (Fsp3) is 0.0833. The Kier molecular flexibility index (Phi) is 3.88. The molecule has 2 rings (SSSR count). The first-order chi connectivity index (χ1) is 8.66. The second-order valence-electron chi connectivity index (χ2n) is 3.51. The maximum Gasteiger partial charge on any atom is 0.288 e. The highest BCUT2D eigenvalue weighted by Gasteiger charge is 2.11. The summed E-state index contributed by atoms with van der Waals surface area (Å²) in [6.07, 6.45) is 1.17. The zero-order chi connectivity index (χ0) is 13.0. The van der Waals surface area contributed by atoms with Gasteiger partial charge in [0.05, 0.1) is 9.40 Å². The number of rotatable bonds is 4. The van der Waals surface area contributed by atoms with E-state index in [2.05, 4.69) is 20.9 Å². The van der Waals surface area contributed by atoms with E-state index in [0.29, 0.717) is 17.0 Å². The van der Waals surface area contributed by atoms with Gasteiger partial charge in [0.1, 0.15) is 12.8 Å². The first kappa shape index (κ1) is 12.5. The maximum atomic E-state index is 10.5. The summed E-state index contributed by atoms with van der Waals surface area (Å²) in [5.41, 5.74) is 0.929. The third kappa shape index (κ3) is 3.04. The van der Waals surface area contributed by atoms with Crippen molar-refractivity contribution in [3.05, 3.63) is 62.7 Å². The summed E-state index contributed by atoms with van der Waals surface area (Å²) < 4.78 is 5.94. The molecule has 2 aromatic rings. The Hall–Kier alpha value is -1.95. The van der Waals surface area contributed by atoms with E-state index in [1.165, 1.54) is 12.3 Å². The number of hydrogen-bond donors (Lipinski definition) is 0. The fourth-order valence-corrected chi connectivity index (χ4v) is 1.80. The molecule has 1 aromatic carbocycles. The molecular weight excluding hydrogens is 300 g/mol. The third-order valence-corrected chi connectivity index (χ3v) is 2.79. The first-order valence-corrected chi connectivity index (χ1v) is 5.93. The number of ether oxygens (including phenoxy) is 1. The molecule has 0 unspecified atom stereocenters. The number of aromatic nitrogens is 1. The predicted octanol–water partition coefficient (Wildman–Crippen LogP) is 3.33. The van der Waals surface area contributed by atoms with Gasteiger partial charge in [0.25, 0.3) is 5.69 Å². The SMILES string of the molecule is O=[N+]([O-])c1cnc(OCc2ccccc2)c(Br)c1. The summed E-state index contributed by atoms with van der Waals surface area (Å²) in [5, 5.41) is 10.5. The highest BCUT2D eigenvalue weighted by Crippen LogP contribution is 2.26. The number of halogens is 1. The molecule has 0 saturated heterocycles. The van der Waals surface area contributed by atoms with Gasteiger partial charge in [0.2, 0.25) is 5.88 Å². The van der Waals surface area contributed by atoms with Crippen LogP contribution in [-0.4, -0.2) is 9.91 Å². The number of nitro groups is 1. The van der Waals surface area contributed by atoms with Gasteiger partial charge in [-0.3, -0.25) is 10.1 Å². The van der Waals surface area contributed by atoms with Crippen LogP contribution in [-0.2, 0) is 6.61 Å². The van der Waals surface area contributed by atoms with Crippen LogP contribution in [0.15, 0.2) is 47.1 Å². The molecule has 0 radical (unpaired) electrons. The molecule has 1 heterocycles. The fourth-order valence-electron chi connectivity index (χ4n) is 1.35. The average Bonchev–Trinajstić information content (AvgIpc) is 2.38. The van der Waals surface area contributed by atoms with Gasteiger partial charge >= 0.3 is 0 Å². The summed E-state index contributed by atoms with van der Waals surface area (Å²) >= 11 is 3.20. The zero-order valence-corrected chi connectivity index (χ0v) is 10.8. The topological polar surface area (TPSA) is 65.3 Å². The molecule has 0 aliphatic heterocycles. The Morgan fingerprint density at radius 2 is 2.06 bits per heavy atom. The van der Waals surface area contributed by atoms with Crippen molar-refractivity contribution in [3.8, 4) is 5.88 Å². The largest absolute Gasteiger partial charge is 0.472 e. The molecular formula is C12H9BrN2O3. The molecule has 1 aromatic heterocycles. The molecule has 0 aliphatic rings. The lowest BCUT2D eigenvalue weighted by atomic mass is 10.2. The predicted molar refractivity (Wildman–Crippen MR) is 69.4 cm³/mol. The monoisotopic (exact) mass is 308 g/mol. The highest BCUT2D eigenvalue weighted by atomic mass is 79.9. The molecule has 0 aliphatic carbocycles. The van der Waals surface area contributed by atoms with Crippen molar-refractivity contribution >= 4 is 21.6 Å². The molecule has 0 saturated carbocycles. The van der Waals surface area contributed by atoms with Crippen molar-refractivity contribution in [2.24, 2.45) is 0 Å². The second kappa shape index (κ2) is 5.59. The standard InChI is InChI=1S/C12H9BrN2O3/c13-11-6-10(15(16)17)7-14-12(11)18-8-9-4-2-1-3-5-9/h1-7H,8H2. The van der Waals surface area contributed by atoms with Crippen LogP contribution in [0.1, 0.15) is 5.56 Å². The minimum absolute atomic E-state index is 0.0751. The lowest BCUT2D eigenvalue weighted by molar-refractivity contribution is -0.385. The van der Waals surface area contributed by atoms with Crippen molar-refractivity contribution in [2.75, 3.05) is 0 Å². The van der Waals surface area contributed by atoms with Crippen LogP contribution in [0.5, 0.6) is 5.88 Å².